The molecule has 1 N–H and O–H groups in total. The molecular formula is C18H23NO2. The second-order valence-electron chi connectivity index (χ2n) is 5.98. The van der Waals surface area contributed by atoms with Gasteiger partial charge in [-0.3, -0.25) is 0 Å². The number of nitrogens with one attached hydrogen (secondary N) is 1. The Morgan fingerprint density at radius 1 is 1.14 bits per heavy atom. The van der Waals surface area contributed by atoms with Gasteiger partial charge in [-0.2, -0.15) is 0 Å². The van der Waals surface area contributed by atoms with Crippen molar-refractivity contribution >= 4 is 0 Å². The number of benzene rings is 1. The van der Waals surface area contributed by atoms with E-state index in [2.05, 4.69) is 37.4 Å². The van der Waals surface area contributed by atoms with Gasteiger partial charge in [-0.05, 0) is 62.9 Å². The van der Waals surface area contributed by atoms with Gasteiger partial charge < -0.3 is 14.5 Å². The number of ether oxygens (including phenoxy) is 1. The summed E-state index contributed by atoms with van der Waals surface area (Å²) >= 11 is 0. The summed E-state index contributed by atoms with van der Waals surface area (Å²) in [6, 6.07) is 8.98. The second kappa shape index (κ2) is 5.94. The van der Waals surface area contributed by atoms with Crippen LogP contribution in [0.2, 0.25) is 0 Å². The van der Waals surface area contributed by atoms with E-state index in [9.17, 15) is 0 Å². The molecule has 1 heterocycles. The lowest BCUT2D eigenvalue weighted by molar-refractivity contribution is 0.267. The van der Waals surface area contributed by atoms with Crippen LogP contribution in [0.5, 0.6) is 5.75 Å². The zero-order chi connectivity index (χ0) is 14.8. The van der Waals surface area contributed by atoms with Gasteiger partial charge in [0, 0.05) is 18.2 Å². The first-order valence-electron chi connectivity index (χ1n) is 7.63. The molecule has 1 aliphatic rings. The molecule has 2 aromatic rings. The Labute approximate surface area is 126 Å². The van der Waals surface area contributed by atoms with Crippen molar-refractivity contribution in [3.8, 4) is 5.75 Å². The second-order valence-corrected chi connectivity index (χ2v) is 5.98. The molecule has 1 aromatic heterocycles. The Morgan fingerprint density at radius 2 is 1.95 bits per heavy atom. The van der Waals surface area contributed by atoms with Crippen LogP contribution < -0.4 is 10.1 Å². The predicted octanol–water partition coefficient (Wildman–Crippen LogP) is 4.04. The molecule has 3 nitrogen and oxygen atoms in total. The molecule has 1 aromatic carbocycles. The average Bonchev–Trinajstić information content (AvgIpc) is 3.22. The highest BCUT2D eigenvalue weighted by molar-refractivity contribution is 5.34. The monoisotopic (exact) mass is 285 g/mol. The Bertz CT molecular complexity index is 626. The van der Waals surface area contributed by atoms with E-state index in [1.807, 2.05) is 13.0 Å². The van der Waals surface area contributed by atoms with Gasteiger partial charge in [0.05, 0.1) is 0 Å². The maximum absolute atomic E-state index is 5.82. The van der Waals surface area contributed by atoms with Crippen molar-refractivity contribution in [1.82, 2.24) is 5.32 Å². The van der Waals surface area contributed by atoms with Crippen molar-refractivity contribution in [1.29, 1.82) is 0 Å². The summed E-state index contributed by atoms with van der Waals surface area (Å²) in [5, 5.41) is 3.51. The Balaban J connectivity index is 1.59. The molecule has 1 fully saturated rings. The Hall–Kier alpha value is -1.74. The molecule has 0 bridgehead atoms. The molecule has 3 rings (SSSR count). The number of furan rings is 1. The highest BCUT2D eigenvalue weighted by Gasteiger charge is 2.21. The van der Waals surface area contributed by atoms with E-state index in [1.165, 1.54) is 29.5 Å². The van der Waals surface area contributed by atoms with Crippen LogP contribution in [0, 0.1) is 20.8 Å². The van der Waals surface area contributed by atoms with Crippen LogP contribution in [-0.4, -0.2) is 6.04 Å². The van der Waals surface area contributed by atoms with Crippen molar-refractivity contribution in [2.24, 2.45) is 0 Å². The van der Waals surface area contributed by atoms with Gasteiger partial charge >= 0.3 is 0 Å². The first-order chi connectivity index (χ1) is 10.1. The summed E-state index contributed by atoms with van der Waals surface area (Å²) in [5.41, 5.74) is 3.77. The Kier molecular flexibility index (Phi) is 4.02. The van der Waals surface area contributed by atoms with E-state index >= 15 is 0 Å². The lowest BCUT2D eigenvalue weighted by atomic mass is 10.1. The van der Waals surface area contributed by atoms with Crippen LogP contribution in [0.1, 0.15) is 41.1 Å². The van der Waals surface area contributed by atoms with Crippen LogP contribution in [-0.2, 0) is 13.2 Å². The summed E-state index contributed by atoms with van der Waals surface area (Å²) in [5.74, 6) is 2.77. The lowest BCUT2D eigenvalue weighted by Crippen LogP contribution is -2.15. The molecule has 0 unspecified atom stereocenters. The summed E-state index contributed by atoms with van der Waals surface area (Å²) in [7, 11) is 0. The standard InChI is InChI=1S/C18H23NO2/c1-12-4-7-17(8-13(12)2)20-11-18-9-15(14(3)21-18)10-19-16-5-6-16/h4,7-9,16,19H,5-6,10-11H2,1-3H3. The Morgan fingerprint density at radius 3 is 2.67 bits per heavy atom. The molecule has 1 aliphatic carbocycles. The van der Waals surface area contributed by atoms with Crippen LogP contribution in [0.3, 0.4) is 0 Å². The van der Waals surface area contributed by atoms with E-state index in [0.29, 0.717) is 6.61 Å². The van der Waals surface area contributed by atoms with Gasteiger partial charge in [-0.1, -0.05) is 6.07 Å². The largest absolute Gasteiger partial charge is 0.486 e. The highest BCUT2D eigenvalue weighted by Crippen LogP contribution is 2.22. The minimum atomic E-state index is 0.479. The van der Waals surface area contributed by atoms with Crippen molar-refractivity contribution in [3.05, 3.63) is 52.5 Å². The van der Waals surface area contributed by atoms with E-state index in [1.54, 1.807) is 0 Å². The minimum absolute atomic E-state index is 0.479. The average molecular weight is 285 g/mol. The topological polar surface area (TPSA) is 34.4 Å². The molecular weight excluding hydrogens is 262 g/mol. The van der Waals surface area contributed by atoms with Crippen molar-refractivity contribution in [2.75, 3.05) is 0 Å². The summed E-state index contributed by atoms with van der Waals surface area (Å²) < 4.78 is 11.6. The first kappa shape index (κ1) is 14.2. The third kappa shape index (κ3) is 3.67. The lowest BCUT2D eigenvalue weighted by Gasteiger charge is -2.06. The molecule has 0 spiro atoms. The van der Waals surface area contributed by atoms with E-state index in [0.717, 1.165) is 29.9 Å². The summed E-state index contributed by atoms with van der Waals surface area (Å²) in [6.07, 6.45) is 2.61. The van der Waals surface area contributed by atoms with Crippen LogP contribution in [0.4, 0.5) is 0 Å². The molecule has 21 heavy (non-hydrogen) atoms. The minimum Gasteiger partial charge on any atom is -0.486 e. The summed E-state index contributed by atoms with van der Waals surface area (Å²) in [6.45, 7) is 7.59. The molecule has 0 saturated heterocycles. The SMILES string of the molecule is Cc1ccc(OCc2cc(CNC3CC3)c(C)o2)cc1C. The van der Waals surface area contributed by atoms with Gasteiger partial charge in [-0.25, -0.2) is 0 Å². The molecule has 0 amide bonds. The molecule has 1 saturated carbocycles. The van der Waals surface area contributed by atoms with E-state index in [4.69, 9.17) is 9.15 Å². The van der Waals surface area contributed by atoms with Crippen molar-refractivity contribution in [2.45, 2.75) is 52.8 Å². The van der Waals surface area contributed by atoms with Crippen molar-refractivity contribution < 1.29 is 9.15 Å². The van der Waals surface area contributed by atoms with Crippen LogP contribution in [0.15, 0.2) is 28.7 Å². The normalized spacial score (nSPS) is 14.4. The van der Waals surface area contributed by atoms with E-state index in [-0.39, 0.29) is 0 Å². The van der Waals surface area contributed by atoms with Crippen LogP contribution >= 0.6 is 0 Å². The zero-order valence-corrected chi connectivity index (χ0v) is 13.0. The number of hydrogen-bond acceptors (Lipinski definition) is 3. The molecule has 0 atom stereocenters. The quantitative estimate of drug-likeness (QED) is 0.870. The maximum Gasteiger partial charge on any atom is 0.146 e. The zero-order valence-electron chi connectivity index (χ0n) is 13.0. The first-order valence-corrected chi connectivity index (χ1v) is 7.63. The van der Waals surface area contributed by atoms with Gasteiger partial charge in [0.1, 0.15) is 23.9 Å². The number of aryl methyl sites for hydroxylation is 3. The molecule has 3 heteroatoms. The fourth-order valence-electron chi connectivity index (χ4n) is 2.33. The summed E-state index contributed by atoms with van der Waals surface area (Å²) in [4.78, 5) is 0. The van der Waals surface area contributed by atoms with E-state index < -0.39 is 0 Å². The van der Waals surface area contributed by atoms with Gasteiger partial charge in [-0.15, -0.1) is 0 Å². The van der Waals surface area contributed by atoms with Crippen LogP contribution in [0.25, 0.3) is 0 Å². The molecule has 0 radical (unpaired) electrons. The fraction of sp³-hybridized carbons (Fsp3) is 0.444. The maximum atomic E-state index is 5.82. The van der Waals surface area contributed by atoms with Gasteiger partial charge in [0.15, 0.2) is 0 Å². The van der Waals surface area contributed by atoms with Gasteiger partial charge in [0.2, 0.25) is 0 Å². The van der Waals surface area contributed by atoms with Gasteiger partial charge in [0.25, 0.3) is 0 Å². The molecule has 112 valence electrons. The third-order valence-corrected chi connectivity index (χ3v) is 4.09. The smallest absolute Gasteiger partial charge is 0.146 e. The number of hydrogen-bond donors (Lipinski definition) is 1. The van der Waals surface area contributed by atoms with Crippen molar-refractivity contribution in [3.63, 3.8) is 0 Å². The number of rotatable bonds is 6. The third-order valence-electron chi connectivity index (χ3n) is 4.09. The molecule has 0 aliphatic heterocycles. The predicted molar refractivity (Wildman–Crippen MR) is 83.6 cm³/mol. The highest BCUT2D eigenvalue weighted by atomic mass is 16.5. The fourth-order valence-corrected chi connectivity index (χ4v) is 2.33.